The van der Waals surface area contributed by atoms with Crippen molar-refractivity contribution in [1.82, 2.24) is 4.98 Å². The molecule has 0 bridgehead atoms. The van der Waals surface area contributed by atoms with Gasteiger partial charge in [-0.1, -0.05) is 0 Å². The fraction of sp³-hybridized carbons (Fsp3) is 0.286. The van der Waals surface area contributed by atoms with E-state index >= 15 is 0 Å². The topological polar surface area (TPSA) is 73.1 Å². The van der Waals surface area contributed by atoms with E-state index in [1.807, 2.05) is 0 Å². The summed E-state index contributed by atoms with van der Waals surface area (Å²) in [6, 6.07) is 0.930. The zero-order valence-corrected chi connectivity index (χ0v) is 8.89. The summed E-state index contributed by atoms with van der Waals surface area (Å²) in [5.41, 5.74) is 4.68. The van der Waals surface area contributed by atoms with Gasteiger partial charge < -0.3 is 5.73 Å². The van der Waals surface area contributed by atoms with E-state index in [0.29, 0.717) is 0 Å². The molecule has 8 heteroatoms. The quantitative estimate of drug-likeness (QED) is 0.830. The van der Waals surface area contributed by atoms with E-state index in [1.165, 1.54) is 0 Å². The summed E-state index contributed by atoms with van der Waals surface area (Å²) < 4.78 is 46.8. The van der Waals surface area contributed by atoms with Crippen LogP contribution in [-0.4, -0.2) is 13.4 Å². The molecule has 1 rings (SSSR count). The molecule has 0 amide bonds. The van der Waals surface area contributed by atoms with Crippen LogP contribution in [0.4, 0.5) is 8.78 Å². The minimum absolute atomic E-state index is 0.0532. The molecule has 0 unspecified atom stereocenters. The van der Waals surface area contributed by atoms with Crippen LogP contribution in [0.1, 0.15) is 17.7 Å². The molecule has 0 fully saturated rings. The highest BCUT2D eigenvalue weighted by Gasteiger charge is 2.22. The van der Waals surface area contributed by atoms with Gasteiger partial charge >= 0.3 is 0 Å². The zero-order chi connectivity index (χ0) is 11.6. The number of alkyl halides is 2. The van der Waals surface area contributed by atoms with Gasteiger partial charge in [0.15, 0.2) is 0 Å². The molecule has 1 heterocycles. The van der Waals surface area contributed by atoms with Crippen molar-refractivity contribution in [2.75, 3.05) is 0 Å². The number of nitrogens with zero attached hydrogens (tertiary/aromatic N) is 1. The molecule has 4 nitrogen and oxygen atoms in total. The summed E-state index contributed by atoms with van der Waals surface area (Å²) in [5, 5.41) is 0. The third kappa shape index (κ3) is 2.83. The van der Waals surface area contributed by atoms with E-state index in [9.17, 15) is 17.2 Å². The average molecular weight is 257 g/mol. The highest BCUT2D eigenvalue weighted by atomic mass is 35.7. The Kier molecular flexibility index (Phi) is 3.58. The van der Waals surface area contributed by atoms with Gasteiger partial charge in [0.1, 0.15) is 4.90 Å². The predicted molar refractivity (Wildman–Crippen MR) is 50.1 cm³/mol. The molecule has 2 N–H and O–H groups in total. The Hall–Kier alpha value is -0.790. The van der Waals surface area contributed by atoms with E-state index in [-0.39, 0.29) is 12.2 Å². The van der Waals surface area contributed by atoms with Crippen molar-refractivity contribution in [2.24, 2.45) is 5.73 Å². The molecule has 0 aliphatic heterocycles. The minimum Gasteiger partial charge on any atom is -0.325 e. The van der Waals surface area contributed by atoms with Crippen molar-refractivity contribution in [3.05, 3.63) is 23.5 Å². The lowest BCUT2D eigenvalue weighted by molar-refractivity contribution is 0.147. The summed E-state index contributed by atoms with van der Waals surface area (Å²) in [7, 11) is 0.756. The van der Waals surface area contributed by atoms with Crippen LogP contribution in [0.15, 0.2) is 17.2 Å². The fourth-order valence-electron chi connectivity index (χ4n) is 0.990. The number of rotatable bonds is 3. The molecule has 0 atom stereocenters. The minimum atomic E-state index is -4.21. The molecule has 15 heavy (non-hydrogen) atoms. The second kappa shape index (κ2) is 4.38. The second-order valence-corrected chi connectivity index (χ2v) is 5.19. The zero-order valence-electron chi connectivity index (χ0n) is 7.32. The standard InChI is InChI=1S/C7H7ClF2N2O2S/c8-15(13,14)6-3-12-4(2-11)1-5(6)7(9)10/h1,3,7H,2,11H2. The van der Waals surface area contributed by atoms with Crippen molar-refractivity contribution in [2.45, 2.75) is 17.9 Å². The maximum atomic E-state index is 12.5. The number of hydrogen-bond acceptors (Lipinski definition) is 4. The van der Waals surface area contributed by atoms with Gasteiger partial charge in [-0.05, 0) is 6.07 Å². The molecular weight excluding hydrogens is 250 g/mol. The summed E-state index contributed by atoms with van der Waals surface area (Å²) in [6.07, 6.45) is -2.16. The van der Waals surface area contributed by atoms with Crippen LogP contribution in [0.25, 0.3) is 0 Å². The Morgan fingerprint density at radius 2 is 2.13 bits per heavy atom. The van der Waals surface area contributed by atoms with E-state index in [2.05, 4.69) is 4.98 Å². The second-order valence-electron chi connectivity index (χ2n) is 2.66. The predicted octanol–water partition coefficient (Wildman–Crippen LogP) is 1.41. The van der Waals surface area contributed by atoms with Gasteiger partial charge in [-0.2, -0.15) is 0 Å². The van der Waals surface area contributed by atoms with Crippen LogP contribution in [0, 0.1) is 0 Å². The van der Waals surface area contributed by atoms with Gasteiger partial charge in [0.25, 0.3) is 15.5 Å². The molecule has 0 aliphatic rings. The Morgan fingerprint density at radius 1 is 1.53 bits per heavy atom. The molecule has 0 radical (unpaired) electrons. The number of hydrogen-bond donors (Lipinski definition) is 1. The first-order valence-electron chi connectivity index (χ1n) is 3.78. The summed E-state index contributed by atoms with van der Waals surface area (Å²) >= 11 is 0. The Morgan fingerprint density at radius 3 is 2.53 bits per heavy atom. The van der Waals surface area contributed by atoms with Gasteiger partial charge in [-0.15, -0.1) is 0 Å². The maximum absolute atomic E-state index is 12.5. The first kappa shape index (κ1) is 12.3. The van der Waals surface area contributed by atoms with Crippen molar-refractivity contribution in [3.8, 4) is 0 Å². The molecule has 0 saturated heterocycles. The smallest absolute Gasteiger partial charge is 0.265 e. The van der Waals surface area contributed by atoms with Crippen LogP contribution < -0.4 is 5.73 Å². The summed E-state index contributed by atoms with van der Waals surface area (Å²) in [6.45, 7) is -0.0532. The number of halogens is 3. The van der Waals surface area contributed by atoms with Crippen LogP contribution in [-0.2, 0) is 15.6 Å². The Labute approximate surface area is 89.5 Å². The molecule has 0 aliphatic carbocycles. The van der Waals surface area contributed by atoms with E-state index in [4.69, 9.17) is 16.4 Å². The lowest BCUT2D eigenvalue weighted by Gasteiger charge is -2.06. The summed E-state index contributed by atoms with van der Waals surface area (Å²) in [4.78, 5) is 2.90. The molecule has 1 aromatic heterocycles. The van der Waals surface area contributed by atoms with Crippen molar-refractivity contribution >= 4 is 19.7 Å². The molecule has 84 valence electrons. The van der Waals surface area contributed by atoms with Gasteiger partial charge in [0, 0.05) is 29.0 Å². The van der Waals surface area contributed by atoms with Gasteiger partial charge in [0.2, 0.25) is 0 Å². The number of aromatic nitrogens is 1. The monoisotopic (exact) mass is 256 g/mol. The highest BCUT2D eigenvalue weighted by molar-refractivity contribution is 8.13. The SMILES string of the molecule is NCc1cc(C(F)F)c(S(=O)(=O)Cl)cn1. The van der Waals surface area contributed by atoms with Crippen LogP contribution >= 0.6 is 10.7 Å². The third-order valence-corrected chi connectivity index (χ3v) is 3.03. The summed E-state index contributed by atoms with van der Waals surface area (Å²) in [5.74, 6) is 0. The van der Waals surface area contributed by atoms with Gasteiger partial charge in [-0.25, -0.2) is 17.2 Å². The molecular formula is C7H7ClF2N2O2S. The fourth-order valence-corrected chi connectivity index (χ4v) is 1.98. The van der Waals surface area contributed by atoms with E-state index < -0.39 is 25.9 Å². The third-order valence-electron chi connectivity index (χ3n) is 1.66. The van der Waals surface area contributed by atoms with Crippen molar-refractivity contribution < 1.29 is 17.2 Å². The number of pyridine rings is 1. The average Bonchev–Trinajstić information content (AvgIpc) is 2.15. The van der Waals surface area contributed by atoms with Crippen LogP contribution in [0.3, 0.4) is 0 Å². The Bertz CT molecular complexity index is 464. The van der Waals surface area contributed by atoms with Crippen molar-refractivity contribution in [3.63, 3.8) is 0 Å². The van der Waals surface area contributed by atoms with E-state index in [0.717, 1.165) is 12.3 Å². The first-order valence-corrected chi connectivity index (χ1v) is 6.09. The Balaban J connectivity index is 3.41. The van der Waals surface area contributed by atoms with Gasteiger partial charge in [0.05, 0.1) is 5.69 Å². The molecule has 1 aromatic rings. The molecule has 0 saturated carbocycles. The molecule has 0 spiro atoms. The van der Waals surface area contributed by atoms with Gasteiger partial charge in [-0.3, -0.25) is 4.98 Å². The lowest BCUT2D eigenvalue weighted by Crippen LogP contribution is -2.05. The van der Waals surface area contributed by atoms with Crippen molar-refractivity contribution in [1.29, 1.82) is 0 Å². The van der Waals surface area contributed by atoms with Crippen LogP contribution in [0.2, 0.25) is 0 Å². The largest absolute Gasteiger partial charge is 0.325 e. The normalized spacial score (nSPS) is 12.1. The maximum Gasteiger partial charge on any atom is 0.265 e. The highest BCUT2D eigenvalue weighted by Crippen LogP contribution is 2.28. The first-order chi connectivity index (χ1) is 6.86. The lowest BCUT2D eigenvalue weighted by atomic mass is 10.2. The number of nitrogens with two attached hydrogens (primary N) is 1. The van der Waals surface area contributed by atoms with E-state index in [1.54, 1.807) is 0 Å². The van der Waals surface area contributed by atoms with Crippen LogP contribution in [0.5, 0.6) is 0 Å². The molecule has 0 aromatic carbocycles.